The fraction of sp³-hybridized carbons (Fsp3) is 0.120. The maximum Gasteiger partial charge on any atom is 0.335 e. The van der Waals surface area contributed by atoms with Crippen LogP contribution < -0.4 is 4.90 Å². The Morgan fingerprint density at radius 2 is 1.58 bits per heavy atom. The number of para-hydroxylation sites is 1. The molecule has 4 rings (SSSR count). The van der Waals surface area contributed by atoms with Crippen molar-refractivity contribution in [2.75, 3.05) is 11.9 Å². The second-order valence-electron chi connectivity index (χ2n) is 7.69. The molecule has 0 radical (unpaired) electrons. The summed E-state index contributed by atoms with van der Waals surface area (Å²) in [5, 5.41) is 9.26. The predicted molar refractivity (Wildman–Crippen MR) is 129 cm³/mol. The molecule has 1 fully saturated rings. The minimum atomic E-state index is -0.993. The molecule has 1 saturated heterocycles. The molecule has 3 aromatic rings. The summed E-state index contributed by atoms with van der Waals surface area (Å²) < 4.78 is 1.94. The van der Waals surface area contributed by atoms with Gasteiger partial charge in [0.1, 0.15) is 5.57 Å². The van der Waals surface area contributed by atoms with Crippen LogP contribution in [0.4, 0.5) is 5.69 Å². The Hall–Kier alpha value is -4.04. The summed E-state index contributed by atoms with van der Waals surface area (Å²) in [7, 11) is 1.55. The van der Waals surface area contributed by atoms with E-state index in [2.05, 4.69) is 0 Å². The molecule has 2 amide bonds. The van der Waals surface area contributed by atoms with E-state index in [0.717, 1.165) is 17.1 Å². The van der Waals surface area contributed by atoms with Crippen molar-refractivity contribution in [3.05, 3.63) is 88.8 Å². The quantitative estimate of drug-likeness (QED) is 0.363. The molecule has 166 valence electrons. The molecule has 0 atom stereocenters. The lowest BCUT2D eigenvalue weighted by Crippen LogP contribution is -2.54. The van der Waals surface area contributed by atoms with E-state index in [9.17, 15) is 14.4 Å². The number of amides is 2. The van der Waals surface area contributed by atoms with Gasteiger partial charge >= 0.3 is 5.97 Å². The molecule has 33 heavy (non-hydrogen) atoms. The molecule has 7 nitrogen and oxygen atoms in total. The van der Waals surface area contributed by atoms with Gasteiger partial charge in [-0.2, -0.15) is 0 Å². The van der Waals surface area contributed by atoms with Gasteiger partial charge in [0.05, 0.1) is 11.3 Å². The highest BCUT2D eigenvalue weighted by Gasteiger charge is 2.38. The molecule has 1 aliphatic heterocycles. The third-order valence-electron chi connectivity index (χ3n) is 5.60. The van der Waals surface area contributed by atoms with Gasteiger partial charge in [0.15, 0.2) is 5.11 Å². The van der Waals surface area contributed by atoms with Gasteiger partial charge < -0.3 is 9.67 Å². The number of carboxylic acid groups (broad SMARTS) is 1. The number of aryl methyl sites for hydroxylation is 1. The number of carboxylic acids is 1. The number of carbonyl (C=O) groups excluding carboxylic acids is 2. The number of thiocarbonyl (C=S) groups is 1. The largest absolute Gasteiger partial charge is 0.478 e. The van der Waals surface area contributed by atoms with E-state index < -0.39 is 17.8 Å². The second-order valence-corrected chi connectivity index (χ2v) is 8.06. The van der Waals surface area contributed by atoms with E-state index in [1.807, 2.05) is 30.5 Å². The highest BCUT2D eigenvalue weighted by atomic mass is 32.1. The van der Waals surface area contributed by atoms with Crippen LogP contribution in [0.1, 0.15) is 27.3 Å². The first-order chi connectivity index (χ1) is 15.7. The first kappa shape index (κ1) is 22.2. The molecule has 2 aromatic carbocycles. The molecule has 0 aliphatic carbocycles. The summed E-state index contributed by atoms with van der Waals surface area (Å²) in [6.07, 6.45) is 1.59. The summed E-state index contributed by atoms with van der Waals surface area (Å²) in [5.74, 6) is -1.94. The standard InChI is InChI=1S/C25H21N3O4S/c1-15-13-18(16(2)27(15)20-11-9-17(10-12-20)24(31)32)14-21-22(29)26(3)25(33)28(23(21)30)19-7-5-4-6-8-19/h4-14H,1-3H3,(H,31,32)/b21-14-. The van der Waals surface area contributed by atoms with Crippen LogP contribution in [-0.4, -0.2) is 44.5 Å². The zero-order valence-electron chi connectivity index (χ0n) is 18.3. The van der Waals surface area contributed by atoms with E-state index in [1.54, 1.807) is 49.5 Å². The Labute approximate surface area is 196 Å². The van der Waals surface area contributed by atoms with Gasteiger partial charge in [-0.25, -0.2) is 4.79 Å². The summed E-state index contributed by atoms with van der Waals surface area (Å²) in [6.45, 7) is 3.79. The average molecular weight is 460 g/mol. The Balaban J connectivity index is 1.77. The first-order valence-corrected chi connectivity index (χ1v) is 10.6. The van der Waals surface area contributed by atoms with Crippen molar-refractivity contribution < 1.29 is 19.5 Å². The number of benzene rings is 2. The van der Waals surface area contributed by atoms with Crippen molar-refractivity contribution in [1.29, 1.82) is 0 Å². The molecule has 0 bridgehead atoms. The summed E-state index contributed by atoms with van der Waals surface area (Å²) in [4.78, 5) is 40.1. The lowest BCUT2D eigenvalue weighted by atomic mass is 10.1. The van der Waals surface area contributed by atoms with Crippen LogP contribution in [0.3, 0.4) is 0 Å². The zero-order chi connectivity index (χ0) is 23.9. The summed E-state index contributed by atoms with van der Waals surface area (Å²) in [6, 6.07) is 17.4. The van der Waals surface area contributed by atoms with Crippen LogP contribution in [0.5, 0.6) is 0 Å². The van der Waals surface area contributed by atoms with Crippen molar-refractivity contribution in [3.8, 4) is 5.69 Å². The van der Waals surface area contributed by atoms with Gasteiger partial charge in [-0.3, -0.25) is 19.4 Å². The second kappa shape index (κ2) is 8.48. The maximum absolute atomic E-state index is 13.3. The number of rotatable bonds is 4. The lowest BCUT2D eigenvalue weighted by molar-refractivity contribution is -0.127. The minimum Gasteiger partial charge on any atom is -0.478 e. The van der Waals surface area contributed by atoms with Gasteiger partial charge in [0, 0.05) is 24.1 Å². The number of anilines is 1. The Bertz CT molecular complexity index is 1320. The van der Waals surface area contributed by atoms with Gasteiger partial charge in [-0.05, 0) is 80.2 Å². The molecule has 0 spiro atoms. The van der Waals surface area contributed by atoms with Crippen LogP contribution >= 0.6 is 12.2 Å². The zero-order valence-corrected chi connectivity index (χ0v) is 19.1. The molecular formula is C25H21N3O4S. The van der Waals surface area contributed by atoms with Gasteiger partial charge in [0.2, 0.25) is 0 Å². The highest BCUT2D eigenvalue weighted by molar-refractivity contribution is 7.80. The fourth-order valence-electron chi connectivity index (χ4n) is 3.88. The smallest absolute Gasteiger partial charge is 0.335 e. The van der Waals surface area contributed by atoms with E-state index in [0.29, 0.717) is 11.3 Å². The van der Waals surface area contributed by atoms with E-state index in [-0.39, 0.29) is 16.2 Å². The van der Waals surface area contributed by atoms with Crippen molar-refractivity contribution >= 4 is 46.9 Å². The molecule has 2 heterocycles. The van der Waals surface area contributed by atoms with Crippen LogP contribution in [0.15, 0.2) is 66.2 Å². The van der Waals surface area contributed by atoms with E-state index in [1.165, 1.54) is 21.9 Å². The maximum atomic E-state index is 13.3. The van der Waals surface area contributed by atoms with Crippen molar-refractivity contribution in [2.45, 2.75) is 13.8 Å². The summed E-state index contributed by atoms with van der Waals surface area (Å²) in [5.41, 5.74) is 3.97. The topological polar surface area (TPSA) is 82.9 Å². The minimum absolute atomic E-state index is 0.0106. The van der Waals surface area contributed by atoms with Crippen molar-refractivity contribution in [1.82, 2.24) is 9.47 Å². The Morgan fingerprint density at radius 1 is 0.939 bits per heavy atom. The molecular weight excluding hydrogens is 438 g/mol. The number of hydrogen-bond donors (Lipinski definition) is 1. The monoisotopic (exact) mass is 459 g/mol. The molecule has 1 N–H and O–H groups in total. The van der Waals surface area contributed by atoms with Crippen LogP contribution in [0, 0.1) is 13.8 Å². The molecule has 0 saturated carbocycles. The highest BCUT2D eigenvalue weighted by Crippen LogP contribution is 2.28. The summed E-state index contributed by atoms with van der Waals surface area (Å²) >= 11 is 5.38. The number of carbonyl (C=O) groups is 3. The number of likely N-dealkylation sites (N-methyl/N-ethyl adjacent to an activating group) is 1. The lowest BCUT2D eigenvalue weighted by Gasteiger charge is -2.34. The van der Waals surface area contributed by atoms with Crippen molar-refractivity contribution in [3.63, 3.8) is 0 Å². The molecule has 8 heteroatoms. The fourth-order valence-corrected chi connectivity index (χ4v) is 4.16. The Morgan fingerprint density at radius 3 is 2.18 bits per heavy atom. The van der Waals surface area contributed by atoms with Crippen LogP contribution in [0.2, 0.25) is 0 Å². The average Bonchev–Trinajstić information content (AvgIpc) is 3.09. The molecule has 1 aromatic heterocycles. The van der Waals surface area contributed by atoms with Crippen molar-refractivity contribution in [2.24, 2.45) is 0 Å². The van der Waals surface area contributed by atoms with Crippen LogP contribution in [0.25, 0.3) is 11.8 Å². The Kier molecular flexibility index (Phi) is 5.69. The van der Waals surface area contributed by atoms with E-state index in [4.69, 9.17) is 17.3 Å². The number of aromatic nitrogens is 1. The first-order valence-electron chi connectivity index (χ1n) is 10.2. The normalized spacial score (nSPS) is 15.5. The molecule has 0 unspecified atom stereocenters. The third-order valence-corrected chi connectivity index (χ3v) is 6.06. The molecule has 1 aliphatic rings. The number of aromatic carboxylic acids is 1. The third kappa shape index (κ3) is 3.85. The predicted octanol–water partition coefficient (Wildman–Crippen LogP) is 3.97. The van der Waals surface area contributed by atoms with Crippen LogP contribution in [-0.2, 0) is 9.59 Å². The van der Waals surface area contributed by atoms with Gasteiger partial charge in [0.25, 0.3) is 11.8 Å². The number of nitrogens with zero attached hydrogens (tertiary/aromatic N) is 3. The number of hydrogen-bond acceptors (Lipinski definition) is 4. The SMILES string of the molecule is Cc1cc(/C=C2/C(=O)N(C)C(=S)N(c3ccccc3)C2=O)c(C)n1-c1ccc(C(=O)O)cc1. The van der Waals surface area contributed by atoms with E-state index >= 15 is 0 Å². The van der Waals surface area contributed by atoms with Gasteiger partial charge in [-0.15, -0.1) is 0 Å². The van der Waals surface area contributed by atoms with Gasteiger partial charge in [-0.1, -0.05) is 18.2 Å².